The molecule has 0 aliphatic carbocycles. The molecule has 0 aromatic heterocycles. The van der Waals surface area contributed by atoms with E-state index >= 15 is 0 Å². The summed E-state index contributed by atoms with van der Waals surface area (Å²) in [4.78, 5) is 0. The van der Waals surface area contributed by atoms with Crippen LogP contribution in [-0.4, -0.2) is 0 Å². The third-order valence-corrected chi connectivity index (χ3v) is 7.85. The summed E-state index contributed by atoms with van der Waals surface area (Å²) in [6.07, 6.45) is 28.9. The Hall–Kier alpha value is 0. The van der Waals surface area contributed by atoms with Gasteiger partial charge in [-0.15, -0.1) is 0 Å². The van der Waals surface area contributed by atoms with E-state index in [1.165, 1.54) is 128 Å². The van der Waals surface area contributed by atoms with Crippen molar-refractivity contribution in [3.63, 3.8) is 0 Å². The summed E-state index contributed by atoms with van der Waals surface area (Å²) >= 11 is 0. The van der Waals surface area contributed by atoms with Crippen LogP contribution < -0.4 is 0 Å². The van der Waals surface area contributed by atoms with Gasteiger partial charge in [0.1, 0.15) is 0 Å². The van der Waals surface area contributed by atoms with Crippen LogP contribution in [0.1, 0.15) is 170 Å². The predicted molar refractivity (Wildman–Crippen MR) is 140 cm³/mol. The van der Waals surface area contributed by atoms with Crippen LogP contribution in [0.3, 0.4) is 0 Å². The standard InChI is InChI=1S/C30H62/c1-7-12-15-18-19-20-24-27(6)29(11-5)30(26-22-17-14-9-3)28(23-10-4)25-21-16-13-8-2/h27-30H,7-26H2,1-6H3. The van der Waals surface area contributed by atoms with Gasteiger partial charge in [0.05, 0.1) is 0 Å². The van der Waals surface area contributed by atoms with Crippen molar-refractivity contribution in [2.24, 2.45) is 23.7 Å². The Kier molecular flexibility index (Phi) is 22.2. The van der Waals surface area contributed by atoms with E-state index in [0.717, 1.165) is 23.7 Å². The van der Waals surface area contributed by atoms with Crippen molar-refractivity contribution in [3.8, 4) is 0 Å². The Morgan fingerprint density at radius 1 is 0.400 bits per heavy atom. The molecular formula is C30H62. The molecule has 4 atom stereocenters. The van der Waals surface area contributed by atoms with Gasteiger partial charge in [-0.1, -0.05) is 164 Å². The van der Waals surface area contributed by atoms with Gasteiger partial charge in [0.2, 0.25) is 0 Å². The molecule has 30 heavy (non-hydrogen) atoms. The lowest BCUT2D eigenvalue weighted by molar-refractivity contribution is 0.126. The summed E-state index contributed by atoms with van der Waals surface area (Å²) in [5.74, 6) is 3.87. The second-order valence-electron chi connectivity index (χ2n) is 10.5. The molecule has 4 unspecified atom stereocenters. The molecule has 0 heterocycles. The highest BCUT2D eigenvalue weighted by Gasteiger charge is 2.30. The monoisotopic (exact) mass is 422 g/mol. The first kappa shape index (κ1) is 30.0. The largest absolute Gasteiger partial charge is 0.0654 e. The van der Waals surface area contributed by atoms with Crippen molar-refractivity contribution < 1.29 is 0 Å². The van der Waals surface area contributed by atoms with Gasteiger partial charge in [-0.2, -0.15) is 0 Å². The van der Waals surface area contributed by atoms with Gasteiger partial charge in [-0.25, -0.2) is 0 Å². The fourth-order valence-corrected chi connectivity index (χ4v) is 5.97. The van der Waals surface area contributed by atoms with Crippen molar-refractivity contribution in [1.82, 2.24) is 0 Å². The van der Waals surface area contributed by atoms with Crippen LogP contribution in [0, 0.1) is 23.7 Å². The average Bonchev–Trinajstić information content (AvgIpc) is 2.75. The van der Waals surface area contributed by atoms with Gasteiger partial charge in [0.15, 0.2) is 0 Å². The van der Waals surface area contributed by atoms with Crippen LogP contribution in [0.2, 0.25) is 0 Å². The minimum Gasteiger partial charge on any atom is -0.0654 e. The van der Waals surface area contributed by atoms with E-state index in [4.69, 9.17) is 0 Å². The molecule has 0 amide bonds. The van der Waals surface area contributed by atoms with Crippen LogP contribution >= 0.6 is 0 Å². The maximum absolute atomic E-state index is 2.61. The smallest absolute Gasteiger partial charge is 0.0355 e. The first-order valence-electron chi connectivity index (χ1n) is 14.7. The highest BCUT2D eigenvalue weighted by molar-refractivity contribution is 4.80. The third kappa shape index (κ3) is 14.9. The summed E-state index contributed by atoms with van der Waals surface area (Å²) in [6, 6.07) is 0. The fraction of sp³-hybridized carbons (Fsp3) is 1.00. The van der Waals surface area contributed by atoms with Crippen molar-refractivity contribution >= 4 is 0 Å². The Labute approximate surface area is 193 Å². The quantitative estimate of drug-likeness (QED) is 0.144. The van der Waals surface area contributed by atoms with Gasteiger partial charge in [-0.05, 0) is 30.1 Å². The lowest BCUT2D eigenvalue weighted by Gasteiger charge is -2.37. The van der Waals surface area contributed by atoms with Crippen LogP contribution in [0.25, 0.3) is 0 Å². The molecule has 0 radical (unpaired) electrons. The lowest BCUT2D eigenvalue weighted by atomic mass is 9.68. The summed E-state index contributed by atoms with van der Waals surface area (Å²) in [7, 11) is 0. The molecule has 0 rings (SSSR count). The predicted octanol–water partition coefficient (Wildman–Crippen LogP) is 11.4. The molecule has 0 bridgehead atoms. The fourth-order valence-electron chi connectivity index (χ4n) is 5.97. The summed E-state index contributed by atoms with van der Waals surface area (Å²) < 4.78 is 0. The molecule has 0 fully saturated rings. The maximum atomic E-state index is 2.61. The zero-order chi connectivity index (χ0) is 22.5. The summed E-state index contributed by atoms with van der Waals surface area (Å²) in [6.45, 7) is 14.6. The molecular weight excluding hydrogens is 360 g/mol. The van der Waals surface area contributed by atoms with Gasteiger partial charge in [0.25, 0.3) is 0 Å². The number of unbranched alkanes of at least 4 members (excludes halogenated alkanes) is 11. The Bertz CT molecular complexity index is 320. The average molecular weight is 423 g/mol. The van der Waals surface area contributed by atoms with Crippen LogP contribution in [0.5, 0.6) is 0 Å². The van der Waals surface area contributed by atoms with Gasteiger partial charge < -0.3 is 0 Å². The van der Waals surface area contributed by atoms with Gasteiger partial charge >= 0.3 is 0 Å². The second kappa shape index (κ2) is 22.2. The second-order valence-corrected chi connectivity index (χ2v) is 10.5. The number of hydrogen-bond donors (Lipinski definition) is 0. The summed E-state index contributed by atoms with van der Waals surface area (Å²) in [5.41, 5.74) is 0. The number of hydrogen-bond acceptors (Lipinski definition) is 0. The number of rotatable bonds is 23. The zero-order valence-corrected chi connectivity index (χ0v) is 22.5. The molecule has 0 aromatic carbocycles. The van der Waals surface area contributed by atoms with E-state index in [9.17, 15) is 0 Å². The molecule has 0 heteroatoms. The zero-order valence-electron chi connectivity index (χ0n) is 22.5. The highest BCUT2D eigenvalue weighted by Crippen LogP contribution is 2.40. The lowest BCUT2D eigenvalue weighted by Crippen LogP contribution is -2.28. The van der Waals surface area contributed by atoms with Crippen molar-refractivity contribution in [3.05, 3.63) is 0 Å². The molecule has 0 aromatic rings. The van der Waals surface area contributed by atoms with Crippen LogP contribution in [0.15, 0.2) is 0 Å². The SMILES string of the molecule is CCCCCCCCC(C)C(CC)C(CCCCCC)C(CCC)CCCCCC. The molecule has 0 aliphatic rings. The Morgan fingerprint density at radius 3 is 1.40 bits per heavy atom. The molecule has 0 spiro atoms. The van der Waals surface area contributed by atoms with E-state index in [1.807, 2.05) is 0 Å². The molecule has 0 nitrogen and oxygen atoms in total. The van der Waals surface area contributed by atoms with E-state index in [2.05, 4.69) is 41.5 Å². The molecule has 0 aliphatic heterocycles. The Balaban J connectivity index is 4.90. The van der Waals surface area contributed by atoms with Crippen molar-refractivity contribution in [1.29, 1.82) is 0 Å². The van der Waals surface area contributed by atoms with E-state index in [-0.39, 0.29) is 0 Å². The highest BCUT2D eigenvalue weighted by atomic mass is 14.4. The van der Waals surface area contributed by atoms with Crippen molar-refractivity contribution in [2.75, 3.05) is 0 Å². The first-order chi connectivity index (χ1) is 14.7. The molecule has 0 N–H and O–H groups in total. The van der Waals surface area contributed by atoms with Crippen LogP contribution in [0.4, 0.5) is 0 Å². The Morgan fingerprint density at radius 2 is 0.867 bits per heavy atom. The summed E-state index contributed by atoms with van der Waals surface area (Å²) in [5, 5.41) is 0. The molecule has 0 saturated heterocycles. The van der Waals surface area contributed by atoms with Crippen LogP contribution in [-0.2, 0) is 0 Å². The molecule has 182 valence electrons. The van der Waals surface area contributed by atoms with Crippen molar-refractivity contribution in [2.45, 2.75) is 170 Å². The van der Waals surface area contributed by atoms with Gasteiger partial charge in [0, 0.05) is 0 Å². The normalized spacial score (nSPS) is 15.8. The minimum atomic E-state index is 0.923. The maximum Gasteiger partial charge on any atom is -0.0355 e. The topological polar surface area (TPSA) is 0 Å². The van der Waals surface area contributed by atoms with E-state index in [0.29, 0.717) is 0 Å². The minimum absolute atomic E-state index is 0.923. The molecule has 0 saturated carbocycles. The van der Waals surface area contributed by atoms with Gasteiger partial charge in [-0.3, -0.25) is 0 Å². The first-order valence-corrected chi connectivity index (χ1v) is 14.7. The van der Waals surface area contributed by atoms with E-state index < -0.39 is 0 Å². The third-order valence-electron chi connectivity index (χ3n) is 7.85. The van der Waals surface area contributed by atoms with E-state index in [1.54, 1.807) is 0 Å².